The van der Waals surface area contributed by atoms with Crippen molar-refractivity contribution in [3.8, 4) is 0 Å². The number of hydrogen-bond acceptors (Lipinski definition) is 4. The second kappa shape index (κ2) is 5.43. The van der Waals surface area contributed by atoms with Gasteiger partial charge in [0.25, 0.3) is 5.56 Å². The van der Waals surface area contributed by atoms with E-state index in [0.717, 1.165) is 10.9 Å². The van der Waals surface area contributed by atoms with Crippen LogP contribution in [0.5, 0.6) is 0 Å². The summed E-state index contributed by atoms with van der Waals surface area (Å²) in [5, 5.41) is 10.8. The van der Waals surface area contributed by atoms with Crippen molar-refractivity contribution in [2.45, 2.75) is 0 Å². The Morgan fingerprint density at radius 1 is 1.39 bits per heavy atom. The molecule has 1 aromatic carbocycles. The molecule has 0 atom stereocenters. The molecular weight excluding hydrogens is 295 g/mol. The Kier molecular flexibility index (Phi) is 3.90. The minimum Gasteiger partial charge on any atom is -0.265 e. The van der Waals surface area contributed by atoms with Crippen LogP contribution in [-0.2, 0) is 0 Å². The van der Waals surface area contributed by atoms with E-state index in [4.69, 9.17) is 35.4 Å². The van der Waals surface area contributed by atoms with Crippen molar-refractivity contribution in [3.63, 3.8) is 0 Å². The lowest BCUT2D eigenvalue weighted by molar-refractivity contribution is 0.738. The molecule has 0 saturated heterocycles. The third kappa shape index (κ3) is 2.66. The summed E-state index contributed by atoms with van der Waals surface area (Å²) >= 11 is 16.8. The lowest BCUT2D eigenvalue weighted by atomic mass is 10.2. The van der Waals surface area contributed by atoms with E-state index in [1.165, 1.54) is 6.21 Å². The van der Waals surface area contributed by atoms with Gasteiger partial charge in [0, 0.05) is 5.56 Å². The Morgan fingerprint density at radius 2 is 2.06 bits per heavy atom. The summed E-state index contributed by atoms with van der Waals surface area (Å²) in [6, 6.07) is 5.06. The van der Waals surface area contributed by atoms with Gasteiger partial charge >= 0.3 is 0 Å². The average molecular weight is 301 g/mol. The number of aromatic nitrogens is 3. The zero-order valence-corrected chi connectivity index (χ0v) is 11.1. The number of nitrogens with zero attached hydrogens (tertiary/aromatic N) is 3. The Hall–Kier alpha value is -1.50. The fourth-order valence-electron chi connectivity index (χ4n) is 1.20. The van der Waals surface area contributed by atoms with Gasteiger partial charge in [-0.05, 0) is 24.4 Å². The predicted molar refractivity (Wildman–Crippen MR) is 73.1 cm³/mol. The molecule has 0 unspecified atom stereocenters. The zero-order valence-electron chi connectivity index (χ0n) is 8.80. The van der Waals surface area contributed by atoms with Gasteiger partial charge in [-0.3, -0.25) is 9.89 Å². The number of hydrogen-bond donors (Lipinski definition) is 1. The summed E-state index contributed by atoms with van der Waals surface area (Å²) in [5.41, 5.74) is 0.0668. The molecule has 0 aliphatic heterocycles. The van der Waals surface area contributed by atoms with Crippen LogP contribution in [0.25, 0.3) is 0 Å². The normalized spacial score (nSPS) is 11.0. The molecule has 0 saturated carbocycles. The van der Waals surface area contributed by atoms with E-state index in [-0.39, 0.29) is 4.77 Å². The van der Waals surface area contributed by atoms with Crippen molar-refractivity contribution in [1.82, 2.24) is 14.9 Å². The first-order chi connectivity index (χ1) is 8.59. The van der Waals surface area contributed by atoms with Gasteiger partial charge in [0.05, 0.1) is 16.3 Å². The highest BCUT2D eigenvalue weighted by Gasteiger charge is 2.02. The molecule has 0 radical (unpaired) electrons. The summed E-state index contributed by atoms with van der Waals surface area (Å²) < 4.78 is 1.07. The van der Waals surface area contributed by atoms with Gasteiger partial charge in [0.15, 0.2) is 0 Å². The second-order valence-electron chi connectivity index (χ2n) is 3.21. The third-order valence-corrected chi connectivity index (χ3v) is 2.96. The first-order valence-corrected chi connectivity index (χ1v) is 5.91. The van der Waals surface area contributed by atoms with Crippen molar-refractivity contribution in [2.24, 2.45) is 5.10 Å². The summed E-state index contributed by atoms with van der Waals surface area (Å²) in [6.45, 7) is 0. The molecule has 0 fully saturated rings. The molecule has 0 bridgehead atoms. The van der Waals surface area contributed by atoms with Crippen LogP contribution in [-0.4, -0.2) is 21.1 Å². The largest absolute Gasteiger partial charge is 0.293 e. The highest BCUT2D eigenvalue weighted by Crippen LogP contribution is 2.22. The number of benzene rings is 1. The maximum atomic E-state index is 11.5. The van der Waals surface area contributed by atoms with E-state index in [1.807, 2.05) is 0 Å². The third-order valence-electron chi connectivity index (χ3n) is 2.04. The van der Waals surface area contributed by atoms with E-state index in [1.54, 1.807) is 18.2 Å². The van der Waals surface area contributed by atoms with Crippen LogP contribution in [0.3, 0.4) is 0 Å². The fourth-order valence-corrected chi connectivity index (χ4v) is 1.89. The molecule has 0 amide bonds. The Bertz CT molecular complexity index is 674. The molecule has 5 nitrogen and oxygen atoms in total. The van der Waals surface area contributed by atoms with E-state index in [9.17, 15) is 4.79 Å². The Labute approximate surface area is 117 Å². The molecule has 1 aromatic heterocycles. The highest BCUT2D eigenvalue weighted by molar-refractivity contribution is 7.71. The molecule has 92 valence electrons. The molecule has 18 heavy (non-hydrogen) atoms. The highest BCUT2D eigenvalue weighted by atomic mass is 35.5. The molecular formula is C10H6Cl2N4OS. The van der Waals surface area contributed by atoms with Crippen molar-refractivity contribution in [2.75, 3.05) is 0 Å². The lowest BCUT2D eigenvalue weighted by Gasteiger charge is -2.00. The monoisotopic (exact) mass is 300 g/mol. The first kappa shape index (κ1) is 12.9. The predicted octanol–water partition coefficient (Wildman–Crippen LogP) is 2.49. The van der Waals surface area contributed by atoms with Gasteiger partial charge in [0.1, 0.15) is 6.20 Å². The Morgan fingerprint density at radius 3 is 2.67 bits per heavy atom. The summed E-state index contributed by atoms with van der Waals surface area (Å²) in [6.07, 6.45) is 2.44. The van der Waals surface area contributed by atoms with E-state index in [0.29, 0.717) is 15.6 Å². The van der Waals surface area contributed by atoms with Crippen molar-refractivity contribution in [1.29, 1.82) is 0 Å². The molecule has 1 N–H and O–H groups in total. The average Bonchev–Trinajstić information content (AvgIpc) is 2.31. The lowest BCUT2D eigenvalue weighted by Crippen LogP contribution is -2.18. The SMILES string of the molecule is O=c1cn[nH]c(=S)n1/N=C\c1c(Cl)cccc1Cl. The molecule has 0 spiro atoms. The summed E-state index contributed by atoms with van der Waals surface area (Å²) in [4.78, 5) is 11.5. The van der Waals surface area contributed by atoms with Crippen molar-refractivity contribution in [3.05, 3.63) is 55.1 Å². The molecule has 2 rings (SSSR count). The molecule has 2 aromatic rings. The van der Waals surface area contributed by atoms with Crippen LogP contribution in [0.15, 0.2) is 34.3 Å². The number of aromatic amines is 1. The van der Waals surface area contributed by atoms with Gasteiger partial charge in [-0.1, -0.05) is 29.3 Å². The minimum absolute atomic E-state index is 0.0851. The van der Waals surface area contributed by atoms with Crippen LogP contribution in [0.1, 0.15) is 5.56 Å². The van der Waals surface area contributed by atoms with Crippen LogP contribution in [0.4, 0.5) is 0 Å². The number of H-pyrrole nitrogens is 1. The number of rotatable bonds is 2. The van der Waals surface area contributed by atoms with Gasteiger partial charge in [-0.2, -0.15) is 14.9 Å². The van der Waals surface area contributed by atoms with Crippen molar-refractivity contribution < 1.29 is 0 Å². The summed E-state index contributed by atoms with van der Waals surface area (Å²) in [7, 11) is 0. The van der Waals surface area contributed by atoms with Crippen LogP contribution < -0.4 is 5.56 Å². The smallest absolute Gasteiger partial charge is 0.265 e. The zero-order chi connectivity index (χ0) is 13.1. The molecule has 0 aliphatic rings. The topological polar surface area (TPSA) is 63.0 Å². The van der Waals surface area contributed by atoms with Crippen LogP contribution >= 0.6 is 35.4 Å². The minimum atomic E-state index is -0.446. The summed E-state index contributed by atoms with van der Waals surface area (Å²) in [5.74, 6) is 0. The van der Waals surface area contributed by atoms with E-state index >= 15 is 0 Å². The van der Waals surface area contributed by atoms with Crippen LogP contribution in [0.2, 0.25) is 10.0 Å². The van der Waals surface area contributed by atoms with Crippen LogP contribution in [0, 0.1) is 4.77 Å². The van der Waals surface area contributed by atoms with Gasteiger partial charge < -0.3 is 0 Å². The van der Waals surface area contributed by atoms with Gasteiger partial charge in [-0.25, -0.2) is 0 Å². The standard InChI is InChI=1S/C10H6Cl2N4OS/c11-7-2-1-3-8(12)6(7)4-14-16-9(17)5-13-15-10(16)18/h1-5H,(H,15,18)/b14-4-. The van der Waals surface area contributed by atoms with E-state index in [2.05, 4.69) is 15.3 Å². The molecule has 0 aliphatic carbocycles. The van der Waals surface area contributed by atoms with Crippen molar-refractivity contribution >= 4 is 41.6 Å². The van der Waals surface area contributed by atoms with Gasteiger partial charge in [0.2, 0.25) is 4.77 Å². The maximum Gasteiger partial charge on any atom is 0.293 e. The second-order valence-corrected chi connectivity index (χ2v) is 4.41. The number of halogens is 2. The fraction of sp³-hybridized carbons (Fsp3) is 0. The quantitative estimate of drug-likeness (QED) is 0.684. The molecule has 1 heterocycles. The van der Waals surface area contributed by atoms with E-state index < -0.39 is 5.56 Å². The molecule has 8 heteroatoms. The number of nitrogens with one attached hydrogen (secondary N) is 1. The van der Waals surface area contributed by atoms with Gasteiger partial charge in [-0.15, -0.1) is 0 Å². The first-order valence-electron chi connectivity index (χ1n) is 4.74. The maximum absolute atomic E-state index is 11.5. The Balaban J connectivity index is 2.49.